The SMILES string of the molecule is CN(C)c1ccc(-c2nc(-c3ccccc3)n(Cc3ccc(C(=O)CCCOCCOCCN)cc3)c2-c2ccc(N(C)C)cc2)cc1. The minimum Gasteiger partial charge on any atom is -0.379 e. The zero-order valence-corrected chi connectivity index (χ0v) is 28.6. The molecule has 2 N–H and O–H groups in total. The summed E-state index contributed by atoms with van der Waals surface area (Å²) in [5.41, 5.74) is 14.6. The van der Waals surface area contributed by atoms with Gasteiger partial charge in [-0.15, -0.1) is 0 Å². The van der Waals surface area contributed by atoms with E-state index >= 15 is 0 Å². The molecule has 8 nitrogen and oxygen atoms in total. The smallest absolute Gasteiger partial charge is 0.162 e. The molecule has 0 fully saturated rings. The van der Waals surface area contributed by atoms with Crippen LogP contribution in [0.3, 0.4) is 0 Å². The number of benzene rings is 4. The van der Waals surface area contributed by atoms with Gasteiger partial charge in [0, 0.05) is 87.9 Å². The average Bonchev–Trinajstić information content (AvgIpc) is 3.49. The van der Waals surface area contributed by atoms with Crippen LogP contribution in [-0.4, -0.2) is 76.5 Å². The summed E-state index contributed by atoms with van der Waals surface area (Å²) in [5, 5.41) is 0. The summed E-state index contributed by atoms with van der Waals surface area (Å²) in [6.07, 6.45) is 1.10. The monoisotopic (exact) mass is 645 g/mol. The van der Waals surface area contributed by atoms with Crippen LogP contribution in [-0.2, 0) is 16.0 Å². The highest BCUT2D eigenvalue weighted by atomic mass is 16.5. The van der Waals surface area contributed by atoms with Gasteiger partial charge in [0.15, 0.2) is 5.78 Å². The third kappa shape index (κ3) is 8.77. The van der Waals surface area contributed by atoms with E-state index in [1.54, 1.807) is 0 Å². The van der Waals surface area contributed by atoms with E-state index in [0.717, 1.165) is 50.8 Å². The van der Waals surface area contributed by atoms with Crippen molar-refractivity contribution >= 4 is 17.2 Å². The molecule has 0 radical (unpaired) electrons. The molecule has 0 saturated carbocycles. The maximum absolute atomic E-state index is 13.0. The van der Waals surface area contributed by atoms with Crippen LogP contribution >= 0.6 is 0 Å². The minimum atomic E-state index is 0.113. The average molecular weight is 646 g/mol. The van der Waals surface area contributed by atoms with Crippen molar-refractivity contribution in [3.05, 3.63) is 114 Å². The van der Waals surface area contributed by atoms with Crippen molar-refractivity contribution in [2.75, 3.05) is 71.0 Å². The molecule has 4 aromatic carbocycles. The molecule has 0 aliphatic heterocycles. The number of hydrogen-bond donors (Lipinski definition) is 1. The standard InChI is InChI=1S/C40H47N5O3/c1-43(2)35-20-16-32(17-21-35)38-39(33-18-22-36(23-19-33)44(3)4)45(40(42-38)34-9-6-5-7-10-34)29-30-12-14-31(15-13-30)37(46)11-8-25-47-27-28-48-26-24-41/h5-7,9-10,12-23H,8,11,24-29,41H2,1-4H3. The number of imidazole rings is 1. The van der Waals surface area contributed by atoms with E-state index in [1.165, 1.54) is 0 Å². The van der Waals surface area contributed by atoms with Gasteiger partial charge in [-0.2, -0.15) is 0 Å². The molecule has 5 aromatic rings. The number of rotatable bonds is 17. The fourth-order valence-corrected chi connectivity index (χ4v) is 5.61. The van der Waals surface area contributed by atoms with E-state index in [1.807, 2.05) is 58.5 Å². The molecule has 250 valence electrons. The third-order valence-corrected chi connectivity index (χ3v) is 8.26. The molecule has 0 bridgehead atoms. The quantitative estimate of drug-likeness (QED) is 0.0860. The van der Waals surface area contributed by atoms with E-state index in [4.69, 9.17) is 20.2 Å². The summed E-state index contributed by atoms with van der Waals surface area (Å²) in [6.45, 7) is 3.17. The fraction of sp³-hybridized carbons (Fsp3) is 0.300. The Morgan fingerprint density at radius 3 is 1.85 bits per heavy atom. The van der Waals surface area contributed by atoms with Gasteiger partial charge in [0.25, 0.3) is 0 Å². The predicted octanol–water partition coefficient (Wildman–Crippen LogP) is 7.02. The maximum atomic E-state index is 13.0. The van der Waals surface area contributed by atoms with Gasteiger partial charge in [-0.1, -0.05) is 78.9 Å². The fourth-order valence-electron chi connectivity index (χ4n) is 5.61. The normalized spacial score (nSPS) is 11.1. The van der Waals surface area contributed by atoms with Crippen molar-refractivity contribution in [1.82, 2.24) is 9.55 Å². The molecule has 0 spiro atoms. The molecule has 0 saturated heterocycles. The molecule has 0 amide bonds. The number of anilines is 2. The topological polar surface area (TPSA) is 85.8 Å². The van der Waals surface area contributed by atoms with Gasteiger partial charge >= 0.3 is 0 Å². The zero-order valence-electron chi connectivity index (χ0n) is 28.6. The summed E-state index contributed by atoms with van der Waals surface area (Å²) in [4.78, 5) is 22.5. The molecule has 0 aliphatic rings. The van der Waals surface area contributed by atoms with Crippen molar-refractivity contribution in [2.45, 2.75) is 19.4 Å². The Balaban J connectivity index is 1.45. The second kappa shape index (κ2) is 16.9. The van der Waals surface area contributed by atoms with Crippen molar-refractivity contribution in [3.8, 4) is 33.9 Å². The van der Waals surface area contributed by atoms with Gasteiger partial charge in [-0.3, -0.25) is 4.79 Å². The lowest BCUT2D eigenvalue weighted by molar-refractivity contribution is 0.0489. The van der Waals surface area contributed by atoms with Crippen LogP contribution < -0.4 is 15.5 Å². The van der Waals surface area contributed by atoms with Gasteiger partial charge in [0.2, 0.25) is 0 Å². The highest BCUT2D eigenvalue weighted by Crippen LogP contribution is 2.38. The van der Waals surface area contributed by atoms with Crippen molar-refractivity contribution in [1.29, 1.82) is 0 Å². The minimum absolute atomic E-state index is 0.113. The summed E-state index contributed by atoms with van der Waals surface area (Å²) in [6, 6.07) is 35.5. The number of carbonyl (C=O) groups is 1. The Bertz CT molecular complexity index is 1730. The van der Waals surface area contributed by atoms with E-state index in [-0.39, 0.29) is 5.78 Å². The summed E-state index contributed by atoms with van der Waals surface area (Å²) >= 11 is 0. The van der Waals surface area contributed by atoms with Crippen LogP contribution in [0, 0.1) is 0 Å². The van der Waals surface area contributed by atoms with Crippen LogP contribution in [0.15, 0.2) is 103 Å². The zero-order chi connectivity index (χ0) is 33.9. The highest BCUT2D eigenvalue weighted by molar-refractivity contribution is 5.96. The Hall–Kier alpha value is -4.76. The summed E-state index contributed by atoms with van der Waals surface area (Å²) < 4.78 is 13.2. The predicted molar refractivity (Wildman–Crippen MR) is 197 cm³/mol. The number of aromatic nitrogens is 2. The van der Waals surface area contributed by atoms with Crippen LogP contribution in [0.5, 0.6) is 0 Å². The van der Waals surface area contributed by atoms with Crippen LogP contribution in [0.25, 0.3) is 33.9 Å². The number of nitrogens with two attached hydrogens (primary N) is 1. The van der Waals surface area contributed by atoms with E-state index < -0.39 is 0 Å². The lowest BCUT2D eigenvalue weighted by Gasteiger charge is -2.16. The molecule has 0 aliphatic carbocycles. The first kappa shape index (κ1) is 34.6. The largest absolute Gasteiger partial charge is 0.379 e. The van der Waals surface area contributed by atoms with Crippen LogP contribution in [0.4, 0.5) is 11.4 Å². The first-order valence-corrected chi connectivity index (χ1v) is 16.5. The van der Waals surface area contributed by atoms with Gasteiger partial charge < -0.3 is 29.6 Å². The lowest BCUT2D eigenvalue weighted by Crippen LogP contribution is -2.12. The third-order valence-electron chi connectivity index (χ3n) is 8.26. The second-order valence-corrected chi connectivity index (χ2v) is 12.2. The highest BCUT2D eigenvalue weighted by Gasteiger charge is 2.22. The maximum Gasteiger partial charge on any atom is 0.162 e. The van der Waals surface area contributed by atoms with Gasteiger partial charge in [-0.05, 0) is 36.2 Å². The van der Waals surface area contributed by atoms with Crippen LogP contribution in [0.2, 0.25) is 0 Å². The van der Waals surface area contributed by atoms with E-state index in [2.05, 4.69) is 87.2 Å². The van der Waals surface area contributed by atoms with E-state index in [0.29, 0.717) is 57.9 Å². The first-order chi connectivity index (χ1) is 23.4. The molecule has 1 heterocycles. The number of Topliss-reactive ketones (excluding diaryl/α,β-unsaturated/α-hetero) is 1. The molecule has 48 heavy (non-hydrogen) atoms. The van der Waals surface area contributed by atoms with Crippen molar-refractivity contribution in [3.63, 3.8) is 0 Å². The van der Waals surface area contributed by atoms with Crippen molar-refractivity contribution < 1.29 is 14.3 Å². The Labute approximate surface area is 284 Å². The molecular weight excluding hydrogens is 598 g/mol. The first-order valence-electron chi connectivity index (χ1n) is 16.5. The van der Waals surface area contributed by atoms with Gasteiger partial charge in [0.05, 0.1) is 31.2 Å². The lowest BCUT2D eigenvalue weighted by atomic mass is 10.0. The molecule has 1 aromatic heterocycles. The Kier molecular flexibility index (Phi) is 12.2. The Morgan fingerprint density at radius 2 is 1.27 bits per heavy atom. The number of ketones is 1. The second-order valence-electron chi connectivity index (χ2n) is 12.2. The molecule has 8 heteroatoms. The number of ether oxygens (including phenoxy) is 2. The number of carbonyl (C=O) groups excluding carboxylic acids is 1. The number of nitrogens with zero attached hydrogens (tertiary/aromatic N) is 4. The molecular formula is C40H47N5O3. The van der Waals surface area contributed by atoms with Crippen molar-refractivity contribution in [2.24, 2.45) is 5.73 Å². The Morgan fingerprint density at radius 1 is 0.688 bits per heavy atom. The summed E-state index contributed by atoms with van der Waals surface area (Å²) in [5.74, 6) is 1.00. The molecule has 0 unspecified atom stereocenters. The van der Waals surface area contributed by atoms with E-state index in [9.17, 15) is 4.79 Å². The molecule has 0 atom stereocenters. The van der Waals surface area contributed by atoms with Crippen LogP contribution in [0.1, 0.15) is 28.8 Å². The number of hydrogen-bond acceptors (Lipinski definition) is 7. The van der Waals surface area contributed by atoms with Gasteiger partial charge in [0.1, 0.15) is 5.82 Å². The summed E-state index contributed by atoms with van der Waals surface area (Å²) in [7, 11) is 8.19. The molecule has 5 rings (SSSR count). The van der Waals surface area contributed by atoms with Gasteiger partial charge in [-0.25, -0.2) is 4.98 Å².